The molecule has 1 unspecified atom stereocenters. The molecule has 0 bridgehead atoms. The molecular weight excluding hydrogens is 463 g/mol. The number of alkyl halides is 3. The largest absolute Gasteiger partial charge is 0.405 e. The van der Waals surface area contributed by atoms with E-state index < -0.39 is 28.0 Å². The number of thioether (sulfide) groups is 1. The highest BCUT2D eigenvalue weighted by atomic mass is 79.9. The van der Waals surface area contributed by atoms with Crippen molar-refractivity contribution in [3.8, 4) is 0 Å². The van der Waals surface area contributed by atoms with Crippen LogP contribution >= 0.6 is 27.7 Å². The van der Waals surface area contributed by atoms with Crippen molar-refractivity contribution in [3.05, 3.63) is 57.6 Å². The Morgan fingerprint density at radius 1 is 1.11 bits per heavy atom. The van der Waals surface area contributed by atoms with E-state index in [1.807, 2.05) is 4.72 Å². The van der Waals surface area contributed by atoms with Crippen molar-refractivity contribution in [2.75, 3.05) is 5.75 Å². The van der Waals surface area contributed by atoms with Gasteiger partial charge in [0.05, 0.1) is 4.90 Å². The molecule has 0 amide bonds. The van der Waals surface area contributed by atoms with Crippen LogP contribution in [0.3, 0.4) is 0 Å². The summed E-state index contributed by atoms with van der Waals surface area (Å²) in [5.74, 6) is -0.477. The molecule has 0 spiro atoms. The monoisotopic (exact) mass is 481 g/mol. The van der Waals surface area contributed by atoms with E-state index in [4.69, 9.17) is 0 Å². The molecule has 27 heavy (non-hydrogen) atoms. The fraction of sp³-hybridized carbons (Fsp3) is 0.333. The lowest BCUT2D eigenvalue weighted by Gasteiger charge is -2.23. The van der Waals surface area contributed by atoms with Gasteiger partial charge in [-0.2, -0.15) is 17.9 Å². The lowest BCUT2D eigenvalue weighted by atomic mass is 10.1. The Bertz CT molecular complexity index is 907. The van der Waals surface area contributed by atoms with E-state index in [1.165, 1.54) is 0 Å². The molecule has 9 heteroatoms. The third kappa shape index (κ3) is 5.73. The van der Waals surface area contributed by atoms with Crippen LogP contribution in [0.5, 0.6) is 0 Å². The summed E-state index contributed by atoms with van der Waals surface area (Å²) in [6.07, 6.45) is -4.71. The maximum atomic E-state index is 13.5. The van der Waals surface area contributed by atoms with Gasteiger partial charge in [0.2, 0.25) is 10.0 Å². The zero-order valence-electron chi connectivity index (χ0n) is 14.9. The van der Waals surface area contributed by atoms with Crippen molar-refractivity contribution < 1.29 is 21.6 Å². The number of nitrogens with one attached hydrogen (secondary N) is 1. The van der Waals surface area contributed by atoms with Crippen molar-refractivity contribution in [1.82, 2.24) is 4.72 Å². The number of aryl methyl sites for hydroxylation is 3. The van der Waals surface area contributed by atoms with Gasteiger partial charge in [-0.3, -0.25) is 0 Å². The van der Waals surface area contributed by atoms with Crippen molar-refractivity contribution >= 4 is 37.7 Å². The number of rotatable bonds is 6. The Morgan fingerprint density at radius 2 is 1.67 bits per heavy atom. The summed E-state index contributed by atoms with van der Waals surface area (Å²) < 4.78 is 68.3. The Hall–Kier alpha value is -1.03. The van der Waals surface area contributed by atoms with Crippen LogP contribution in [-0.4, -0.2) is 26.4 Å². The van der Waals surface area contributed by atoms with Gasteiger partial charge in [0.15, 0.2) is 0 Å². The Balaban J connectivity index is 2.29. The molecule has 0 aliphatic heterocycles. The van der Waals surface area contributed by atoms with Gasteiger partial charge in [-0.1, -0.05) is 29.8 Å². The Kier molecular flexibility index (Phi) is 7.05. The molecule has 2 aromatic rings. The first-order valence-electron chi connectivity index (χ1n) is 7.96. The molecule has 0 aliphatic carbocycles. The van der Waals surface area contributed by atoms with Gasteiger partial charge < -0.3 is 0 Å². The summed E-state index contributed by atoms with van der Waals surface area (Å²) in [7, 11) is -4.33. The average Bonchev–Trinajstić information content (AvgIpc) is 2.50. The number of hydrogen-bond donors (Lipinski definition) is 1. The van der Waals surface area contributed by atoms with Crippen LogP contribution in [0.2, 0.25) is 0 Å². The van der Waals surface area contributed by atoms with Gasteiger partial charge in [0.25, 0.3) is 0 Å². The van der Waals surface area contributed by atoms with E-state index in [0.717, 1.165) is 17.3 Å². The first kappa shape index (κ1) is 22.3. The molecule has 0 aromatic heterocycles. The number of halogens is 4. The minimum Gasteiger partial charge on any atom is -0.207 e. The van der Waals surface area contributed by atoms with Crippen molar-refractivity contribution in [1.29, 1.82) is 0 Å². The summed E-state index contributed by atoms with van der Waals surface area (Å²) >= 11 is 4.21. The SMILES string of the molecule is Cc1cc(C)c(S(=O)(=O)NC(CSc2ccccc2Br)C(F)(F)F)c(C)c1. The maximum absolute atomic E-state index is 13.5. The molecule has 0 fully saturated rings. The second-order valence-electron chi connectivity index (χ2n) is 6.18. The Labute approximate surface area is 169 Å². The van der Waals surface area contributed by atoms with Gasteiger partial charge in [-0.15, -0.1) is 11.8 Å². The lowest BCUT2D eigenvalue weighted by molar-refractivity contribution is -0.145. The van der Waals surface area contributed by atoms with Crippen LogP contribution in [0.4, 0.5) is 13.2 Å². The average molecular weight is 482 g/mol. The smallest absolute Gasteiger partial charge is 0.207 e. The predicted octanol–water partition coefficient (Wildman–Crippen LogP) is 5.38. The van der Waals surface area contributed by atoms with Crippen LogP contribution in [0, 0.1) is 20.8 Å². The van der Waals surface area contributed by atoms with Gasteiger partial charge in [-0.05, 0) is 60.0 Å². The predicted molar refractivity (Wildman–Crippen MR) is 106 cm³/mol. The standard InChI is InChI=1S/C18H19BrF3NO2S2/c1-11-8-12(2)17(13(3)9-11)27(24,25)23-16(18(20,21)22)10-26-15-7-5-4-6-14(15)19/h4-9,16,23H,10H2,1-3H3. The van der Waals surface area contributed by atoms with E-state index >= 15 is 0 Å². The molecule has 0 saturated carbocycles. The fourth-order valence-corrected chi connectivity index (χ4v) is 6.18. The highest BCUT2D eigenvalue weighted by Gasteiger charge is 2.42. The molecule has 1 N–H and O–H groups in total. The quantitative estimate of drug-likeness (QED) is 0.563. The first-order valence-corrected chi connectivity index (χ1v) is 11.2. The minimum absolute atomic E-state index is 0.103. The molecular formula is C18H19BrF3NO2S2. The zero-order chi connectivity index (χ0) is 20.4. The summed E-state index contributed by atoms with van der Waals surface area (Å²) in [5.41, 5.74) is 1.68. The van der Waals surface area contributed by atoms with Crippen LogP contribution in [-0.2, 0) is 10.0 Å². The van der Waals surface area contributed by atoms with Crippen LogP contribution in [0.1, 0.15) is 16.7 Å². The summed E-state index contributed by atoms with van der Waals surface area (Å²) in [6.45, 7) is 4.96. The molecule has 2 aromatic carbocycles. The highest BCUT2D eigenvalue weighted by molar-refractivity contribution is 9.10. The number of benzene rings is 2. The summed E-state index contributed by atoms with van der Waals surface area (Å²) in [5, 5.41) is 0. The van der Waals surface area contributed by atoms with Crippen LogP contribution in [0.25, 0.3) is 0 Å². The summed E-state index contributed by atoms with van der Waals surface area (Å²) in [6, 6.07) is 7.92. The first-order chi connectivity index (χ1) is 12.4. The summed E-state index contributed by atoms with van der Waals surface area (Å²) in [4.78, 5) is 0.502. The molecule has 1 atom stereocenters. The van der Waals surface area contributed by atoms with Crippen molar-refractivity contribution in [3.63, 3.8) is 0 Å². The molecule has 0 saturated heterocycles. The van der Waals surface area contributed by atoms with E-state index in [1.54, 1.807) is 57.2 Å². The Morgan fingerprint density at radius 3 is 2.19 bits per heavy atom. The zero-order valence-corrected chi connectivity index (χ0v) is 18.1. The van der Waals surface area contributed by atoms with Gasteiger partial charge in [0.1, 0.15) is 6.04 Å². The van der Waals surface area contributed by atoms with Crippen LogP contribution < -0.4 is 4.72 Å². The normalized spacial score (nSPS) is 13.6. The van der Waals surface area contributed by atoms with Crippen molar-refractivity contribution in [2.24, 2.45) is 0 Å². The van der Waals surface area contributed by atoms with E-state index in [2.05, 4.69) is 15.9 Å². The highest BCUT2D eigenvalue weighted by Crippen LogP contribution is 2.32. The molecule has 0 heterocycles. The molecule has 0 aliphatic rings. The van der Waals surface area contributed by atoms with E-state index in [0.29, 0.717) is 20.5 Å². The van der Waals surface area contributed by atoms with E-state index in [9.17, 15) is 21.6 Å². The number of sulfonamides is 1. The lowest BCUT2D eigenvalue weighted by Crippen LogP contribution is -2.47. The fourth-order valence-electron chi connectivity index (χ4n) is 2.77. The second-order valence-corrected chi connectivity index (χ2v) is 9.75. The third-order valence-corrected chi connectivity index (χ3v) is 7.71. The third-order valence-electron chi connectivity index (χ3n) is 3.81. The van der Waals surface area contributed by atoms with E-state index in [-0.39, 0.29) is 4.90 Å². The van der Waals surface area contributed by atoms with Gasteiger partial charge >= 0.3 is 6.18 Å². The molecule has 3 nitrogen and oxygen atoms in total. The second kappa shape index (κ2) is 8.55. The maximum Gasteiger partial charge on any atom is 0.405 e. The number of hydrogen-bond acceptors (Lipinski definition) is 3. The van der Waals surface area contributed by atoms with Gasteiger partial charge in [-0.25, -0.2) is 8.42 Å². The molecule has 0 radical (unpaired) electrons. The molecule has 148 valence electrons. The van der Waals surface area contributed by atoms with Crippen molar-refractivity contribution in [2.45, 2.75) is 42.8 Å². The van der Waals surface area contributed by atoms with Gasteiger partial charge in [0, 0.05) is 15.1 Å². The minimum atomic E-state index is -4.71. The topological polar surface area (TPSA) is 46.2 Å². The van der Waals surface area contributed by atoms with Crippen LogP contribution in [0.15, 0.2) is 50.7 Å². The molecule has 2 rings (SSSR count).